The van der Waals surface area contributed by atoms with Gasteiger partial charge in [-0.1, -0.05) is 479 Å². The van der Waals surface area contributed by atoms with Crippen molar-refractivity contribution in [3.05, 3.63) is 635 Å². The molecule has 0 aliphatic heterocycles. The van der Waals surface area contributed by atoms with Crippen LogP contribution in [0.2, 0.25) is 0 Å². The standard InChI is InChI=1S/C70H47N.C64H43N/c1-3-23-53(24-4-1)69(54-25-5-2-6-26-54)64-32-13-15-34-66(64)70(67-35-16-14-33-65(67)69)62-31-12-11-29-60(62)61-47-52(41-46-63(61)70)48-37-42-55(43-38-48)71(68-36-18-22-50-20-8-10-28-59(50)68)56-44-39-51(40-45-56)58-30-17-21-49-19-7-9-27-57(49)58;1-3-23-47(24-4-1)63(48-25-5-2-6-26-48)58-32-13-15-34-60(58)64(61-35-16-14-33-59(61)63)56-31-12-11-29-54(56)55-43-50(41-42-57(55)64)65(62-36-18-22-45-20-8-10-28-53(45)62)49-39-37-46(38-40-49)52-30-17-21-44-19-7-9-27-51(44)52/h1-47H;1-43H. The molecule has 2 nitrogen and oxygen atoms in total. The van der Waals surface area contributed by atoms with Crippen LogP contribution in [0.1, 0.15) is 89.0 Å². The molecule has 0 heterocycles. The predicted molar refractivity (Wildman–Crippen MR) is 567 cm³/mol. The first-order valence-corrected chi connectivity index (χ1v) is 47.4. The fraction of sp³-hybridized carbons (Fsp3) is 0.0299. The van der Waals surface area contributed by atoms with Gasteiger partial charge in [-0.25, -0.2) is 0 Å². The second-order valence-corrected chi connectivity index (χ2v) is 36.6. The summed E-state index contributed by atoms with van der Waals surface area (Å²) >= 11 is 0. The van der Waals surface area contributed by atoms with Crippen LogP contribution in [0.3, 0.4) is 0 Å². The van der Waals surface area contributed by atoms with E-state index in [0.29, 0.717) is 0 Å². The first-order valence-electron chi connectivity index (χ1n) is 47.4. The molecular weight excluding hydrogens is 1640 g/mol. The van der Waals surface area contributed by atoms with E-state index >= 15 is 0 Å². The molecule has 0 atom stereocenters. The van der Waals surface area contributed by atoms with Crippen LogP contribution in [0.15, 0.2) is 546 Å². The van der Waals surface area contributed by atoms with Gasteiger partial charge in [0.15, 0.2) is 0 Å². The predicted octanol–water partition coefficient (Wildman–Crippen LogP) is 34.0. The van der Waals surface area contributed by atoms with Crippen molar-refractivity contribution in [1.29, 1.82) is 0 Å². The molecule has 2 heteroatoms. The van der Waals surface area contributed by atoms with Crippen molar-refractivity contribution in [2.75, 3.05) is 9.80 Å². The molecule has 136 heavy (non-hydrogen) atoms. The van der Waals surface area contributed by atoms with Gasteiger partial charge in [-0.3, -0.25) is 0 Å². The number of hydrogen-bond donors (Lipinski definition) is 0. The van der Waals surface area contributed by atoms with E-state index in [2.05, 4.69) is 556 Å². The van der Waals surface area contributed by atoms with Crippen LogP contribution in [0.25, 0.3) is 98.7 Å². The molecule has 4 aliphatic carbocycles. The highest BCUT2D eigenvalue weighted by atomic mass is 15.1. The Morgan fingerprint density at radius 3 is 0.728 bits per heavy atom. The minimum atomic E-state index is -0.560. The minimum Gasteiger partial charge on any atom is -0.310 e. The van der Waals surface area contributed by atoms with Crippen molar-refractivity contribution < 1.29 is 0 Å². The Balaban J connectivity index is 0.000000142. The second kappa shape index (κ2) is 32.3. The normalized spacial score (nSPS) is 13.7. The highest BCUT2D eigenvalue weighted by Crippen LogP contribution is 2.68. The van der Waals surface area contributed by atoms with E-state index < -0.39 is 21.7 Å². The molecule has 23 aromatic carbocycles. The first kappa shape index (κ1) is 79.6. The van der Waals surface area contributed by atoms with Crippen LogP contribution in [-0.4, -0.2) is 0 Å². The lowest BCUT2D eigenvalue weighted by Gasteiger charge is -2.50. The highest BCUT2D eigenvalue weighted by molar-refractivity contribution is 6.05. The number of anilines is 6. The number of nitrogens with zero attached hydrogens (tertiary/aromatic N) is 2. The van der Waals surface area contributed by atoms with Crippen LogP contribution in [-0.2, 0) is 21.7 Å². The van der Waals surface area contributed by atoms with Crippen LogP contribution >= 0.6 is 0 Å². The van der Waals surface area contributed by atoms with Crippen molar-refractivity contribution in [2.24, 2.45) is 0 Å². The van der Waals surface area contributed by atoms with Gasteiger partial charge in [-0.15, -0.1) is 0 Å². The molecule has 0 saturated heterocycles. The Hall–Kier alpha value is -17.3. The quantitative estimate of drug-likeness (QED) is 0.114. The lowest BCUT2D eigenvalue weighted by molar-refractivity contribution is 0.623. The third kappa shape index (κ3) is 12.0. The van der Waals surface area contributed by atoms with E-state index in [-0.39, 0.29) is 0 Å². The maximum atomic E-state index is 2.46. The fourth-order valence-corrected chi connectivity index (χ4v) is 24.5. The van der Waals surface area contributed by atoms with E-state index in [9.17, 15) is 0 Å². The molecular formula is C134H90N2. The average Bonchev–Trinajstić information content (AvgIpc) is 1.43. The fourth-order valence-electron chi connectivity index (χ4n) is 24.5. The van der Waals surface area contributed by atoms with Crippen molar-refractivity contribution in [1.82, 2.24) is 0 Å². The molecule has 0 radical (unpaired) electrons. The van der Waals surface area contributed by atoms with Crippen LogP contribution < -0.4 is 9.80 Å². The maximum absolute atomic E-state index is 2.46. The van der Waals surface area contributed by atoms with E-state index in [0.717, 1.165) is 34.1 Å². The maximum Gasteiger partial charge on any atom is 0.0720 e. The first-order chi connectivity index (χ1) is 67.5. The SMILES string of the molecule is c1ccc(C2(c3ccccc3)c3ccccc3C3(c4ccccc4-c4cc(-c5ccc(N(c6ccc(-c7cccc8ccccc78)cc6)c6cccc7ccccc67)cc5)ccc43)c3ccccc32)cc1.c1ccc(C2(c3ccccc3)c3ccccc3C3(c4ccccc4-c4cc(N(c5ccc(-c6cccc7ccccc67)cc5)c5cccc6ccccc56)ccc43)c3ccccc32)cc1. The molecule has 0 aromatic heterocycles. The third-order valence-corrected chi connectivity index (χ3v) is 30.0. The van der Waals surface area contributed by atoms with Gasteiger partial charge in [-0.05, 0) is 244 Å². The van der Waals surface area contributed by atoms with E-state index in [4.69, 9.17) is 0 Å². The molecule has 0 fully saturated rings. The van der Waals surface area contributed by atoms with E-state index in [1.165, 1.54) is 188 Å². The van der Waals surface area contributed by atoms with Crippen LogP contribution in [0.5, 0.6) is 0 Å². The van der Waals surface area contributed by atoms with Crippen molar-refractivity contribution in [3.8, 4) is 55.6 Å². The average molecular weight is 1730 g/mol. The Labute approximate surface area is 793 Å². The van der Waals surface area contributed by atoms with Crippen LogP contribution in [0, 0.1) is 0 Å². The molecule has 0 unspecified atom stereocenters. The Bertz CT molecular complexity index is 8390. The van der Waals surface area contributed by atoms with Crippen molar-refractivity contribution >= 4 is 77.2 Å². The van der Waals surface area contributed by atoms with Gasteiger partial charge in [0.25, 0.3) is 0 Å². The summed E-state index contributed by atoms with van der Waals surface area (Å²) in [5.41, 5.74) is 37.8. The summed E-state index contributed by atoms with van der Waals surface area (Å²) in [7, 11) is 0. The molecule has 0 bridgehead atoms. The summed E-state index contributed by atoms with van der Waals surface area (Å²) in [4.78, 5) is 4.87. The van der Waals surface area contributed by atoms with E-state index in [1.807, 2.05) is 0 Å². The Kier molecular flexibility index (Phi) is 18.9. The largest absolute Gasteiger partial charge is 0.310 e. The second-order valence-electron chi connectivity index (χ2n) is 36.6. The smallest absolute Gasteiger partial charge is 0.0720 e. The van der Waals surface area contributed by atoms with Gasteiger partial charge < -0.3 is 9.80 Å². The van der Waals surface area contributed by atoms with Gasteiger partial charge >= 0.3 is 0 Å². The Morgan fingerprint density at radius 2 is 0.360 bits per heavy atom. The number of benzene rings is 23. The molecule has 0 amide bonds. The topological polar surface area (TPSA) is 6.48 Å². The van der Waals surface area contributed by atoms with Crippen molar-refractivity contribution in [2.45, 2.75) is 21.7 Å². The molecule has 2 spiro atoms. The van der Waals surface area contributed by atoms with Gasteiger partial charge in [0.2, 0.25) is 0 Å². The van der Waals surface area contributed by atoms with E-state index in [1.54, 1.807) is 0 Å². The lowest BCUT2D eigenvalue weighted by Crippen LogP contribution is -2.44. The van der Waals surface area contributed by atoms with Crippen molar-refractivity contribution in [3.63, 3.8) is 0 Å². The number of fused-ring (bicyclic) bond motifs is 22. The number of rotatable bonds is 13. The zero-order valence-corrected chi connectivity index (χ0v) is 74.9. The molecule has 0 saturated carbocycles. The summed E-state index contributed by atoms with van der Waals surface area (Å²) in [5, 5.41) is 9.85. The summed E-state index contributed by atoms with van der Waals surface area (Å²) in [6.45, 7) is 0. The van der Waals surface area contributed by atoms with Gasteiger partial charge in [0.05, 0.1) is 33.0 Å². The zero-order valence-electron chi connectivity index (χ0n) is 74.9. The molecule has 636 valence electrons. The lowest BCUT2D eigenvalue weighted by atomic mass is 9.51. The Morgan fingerprint density at radius 1 is 0.125 bits per heavy atom. The molecule has 23 aromatic rings. The highest BCUT2D eigenvalue weighted by Gasteiger charge is 2.59. The number of hydrogen-bond acceptors (Lipinski definition) is 2. The van der Waals surface area contributed by atoms with Gasteiger partial charge in [-0.2, -0.15) is 0 Å². The van der Waals surface area contributed by atoms with Gasteiger partial charge in [0.1, 0.15) is 0 Å². The summed E-state index contributed by atoms with van der Waals surface area (Å²) in [6.07, 6.45) is 0. The summed E-state index contributed by atoms with van der Waals surface area (Å²) in [6, 6.07) is 203. The van der Waals surface area contributed by atoms with Crippen LogP contribution in [0.4, 0.5) is 34.1 Å². The monoisotopic (exact) mass is 1730 g/mol. The zero-order chi connectivity index (χ0) is 89.9. The van der Waals surface area contributed by atoms with Gasteiger partial charge in [0, 0.05) is 33.5 Å². The molecule has 0 N–H and O–H groups in total. The summed E-state index contributed by atoms with van der Waals surface area (Å²) in [5.74, 6) is 0. The molecule has 4 aliphatic rings. The molecule has 27 rings (SSSR count). The third-order valence-electron chi connectivity index (χ3n) is 30.0. The summed E-state index contributed by atoms with van der Waals surface area (Å²) < 4.78 is 0. The minimum absolute atomic E-state index is 0.529.